The quantitative estimate of drug-likeness (QED) is 0.887. The highest BCUT2D eigenvalue weighted by molar-refractivity contribution is 9.10. The summed E-state index contributed by atoms with van der Waals surface area (Å²) in [6, 6.07) is 5.32. The van der Waals surface area contributed by atoms with Gasteiger partial charge in [0.15, 0.2) is 0 Å². The normalized spacial score (nSPS) is 17.7. The molecular formula is C14H20BrNO2S. The van der Waals surface area contributed by atoms with Crippen LogP contribution in [0.4, 0.5) is 0 Å². The number of aryl methyl sites for hydroxylation is 1. The van der Waals surface area contributed by atoms with Crippen LogP contribution in [-0.4, -0.2) is 15.0 Å². The van der Waals surface area contributed by atoms with Crippen LogP contribution in [0, 0.1) is 18.3 Å². The summed E-state index contributed by atoms with van der Waals surface area (Å²) in [5.41, 5.74) is 0.942. The Bertz CT molecular complexity index is 577. The summed E-state index contributed by atoms with van der Waals surface area (Å²) in [4.78, 5) is 0.362. The second-order valence-electron chi connectivity index (χ2n) is 5.75. The smallest absolute Gasteiger partial charge is 0.211 e. The van der Waals surface area contributed by atoms with E-state index in [1.54, 1.807) is 6.07 Å². The standard InChI is InChI=1S/C14H20BrNO2S/c1-10(2)14(6-7-14)9-16-19(17,18)13-8-12(15)5-4-11(13)3/h4-5,8,10,16H,6-7,9H2,1-3H3. The van der Waals surface area contributed by atoms with Crippen molar-refractivity contribution in [2.24, 2.45) is 11.3 Å². The molecule has 0 bridgehead atoms. The van der Waals surface area contributed by atoms with Gasteiger partial charge in [-0.1, -0.05) is 35.8 Å². The van der Waals surface area contributed by atoms with E-state index in [0.29, 0.717) is 17.4 Å². The Morgan fingerprint density at radius 1 is 1.37 bits per heavy atom. The Kier molecular flexibility index (Phi) is 4.10. The second kappa shape index (κ2) is 5.19. The van der Waals surface area contributed by atoms with Crippen LogP contribution in [-0.2, 0) is 10.0 Å². The van der Waals surface area contributed by atoms with Crippen LogP contribution in [0.1, 0.15) is 32.3 Å². The molecule has 1 aliphatic rings. The minimum absolute atomic E-state index is 0.174. The van der Waals surface area contributed by atoms with Gasteiger partial charge in [-0.25, -0.2) is 13.1 Å². The van der Waals surface area contributed by atoms with Gasteiger partial charge >= 0.3 is 0 Å². The summed E-state index contributed by atoms with van der Waals surface area (Å²) < 4.78 is 28.3. The summed E-state index contributed by atoms with van der Waals surface area (Å²) in [5.74, 6) is 0.513. The largest absolute Gasteiger partial charge is 0.240 e. The highest BCUT2D eigenvalue weighted by Gasteiger charge is 2.45. The monoisotopic (exact) mass is 345 g/mol. The fourth-order valence-corrected chi connectivity index (χ4v) is 4.22. The topological polar surface area (TPSA) is 46.2 Å². The van der Waals surface area contributed by atoms with Crippen LogP contribution in [0.2, 0.25) is 0 Å². The van der Waals surface area contributed by atoms with E-state index >= 15 is 0 Å². The van der Waals surface area contributed by atoms with Crippen LogP contribution < -0.4 is 4.72 Å². The highest BCUT2D eigenvalue weighted by atomic mass is 79.9. The lowest BCUT2D eigenvalue weighted by Crippen LogP contribution is -2.33. The molecule has 0 aliphatic heterocycles. The first-order chi connectivity index (χ1) is 8.77. The van der Waals surface area contributed by atoms with E-state index in [-0.39, 0.29) is 5.41 Å². The highest BCUT2D eigenvalue weighted by Crippen LogP contribution is 2.51. The molecule has 0 spiro atoms. The molecule has 1 N–H and O–H groups in total. The van der Waals surface area contributed by atoms with Crippen molar-refractivity contribution in [2.45, 2.75) is 38.5 Å². The second-order valence-corrected chi connectivity index (χ2v) is 8.40. The van der Waals surface area contributed by atoms with E-state index in [4.69, 9.17) is 0 Å². The van der Waals surface area contributed by atoms with Gasteiger partial charge in [0.25, 0.3) is 0 Å². The van der Waals surface area contributed by atoms with Crippen LogP contribution in [0.25, 0.3) is 0 Å². The number of hydrogen-bond acceptors (Lipinski definition) is 2. The average molecular weight is 346 g/mol. The molecule has 106 valence electrons. The lowest BCUT2D eigenvalue weighted by molar-refractivity contribution is 0.357. The van der Waals surface area contributed by atoms with Crippen molar-refractivity contribution < 1.29 is 8.42 Å². The van der Waals surface area contributed by atoms with Crippen molar-refractivity contribution >= 4 is 26.0 Å². The van der Waals surface area contributed by atoms with Gasteiger partial charge in [0.2, 0.25) is 10.0 Å². The molecule has 0 aromatic heterocycles. The van der Waals surface area contributed by atoms with Crippen molar-refractivity contribution in [2.75, 3.05) is 6.54 Å². The predicted molar refractivity (Wildman–Crippen MR) is 80.6 cm³/mol. The predicted octanol–water partition coefficient (Wildman–Crippen LogP) is 3.47. The molecular weight excluding hydrogens is 326 g/mol. The first-order valence-electron chi connectivity index (χ1n) is 6.53. The lowest BCUT2D eigenvalue weighted by atomic mass is 9.93. The van der Waals surface area contributed by atoms with Gasteiger partial charge in [-0.3, -0.25) is 0 Å². The van der Waals surface area contributed by atoms with Crippen LogP contribution in [0.3, 0.4) is 0 Å². The molecule has 5 heteroatoms. The Morgan fingerprint density at radius 2 is 2.00 bits per heavy atom. The third-order valence-electron chi connectivity index (χ3n) is 4.17. The number of nitrogens with one attached hydrogen (secondary N) is 1. The van der Waals surface area contributed by atoms with Gasteiger partial charge in [-0.15, -0.1) is 0 Å². The first-order valence-corrected chi connectivity index (χ1v) is 8.80. The lowest BCUT2D eigenvalue weighted by Gasteiger charge is -2.20. The molecule has 19 heavy (non-hydrogen) atoms. The number of benzene rings is 1. The number of sulfonamides is 1. The minimum Gasteiger partial charge on any atom is -0.211 e. The maximum Gasteiger partial charge on any atom is 0.240 e. The van der Waals surface area contributed by atoms with Crippen molar-refractivity contribution in [3.8, 4) is 0 Å². The maximum atomic E-state index is 12.4. The van der Waals surface area contributed by atoms with Gasteiger partial charge in [-0.2, -0.15) is 0 Å². The summed E-state index contributed by atoms with van der Waals surface area (Å²) in [5, 5.41) is 0. The molecule has 2 rings (SSSR count). The zero-order valence-electron chi connectivity index (χ0n) is 11.5. The Morgan fingerprint density at radius 3 is 2.53 bits per heavy atom. The fraction of sp³-hybridized carbons (Fsp3) is 0.571. The summed E-state index contributed by atoms with van der Waals surface area (Å²) >= 11 is 3.32. The Hall–Kier alpha value is -0.390. The van der Waals surface area contributed by atoms with Gasteiger partial charge in [0, 0.05) is 11.0 Å². The van der Waals surface area contributed by atoms with Crippen molar-refractivity contribution in [1.29, 1.82) is 0 Å². The molecule has 1 saturated carbocycles. The van der Waals surface area contributed by atoms with Crippen molar-refractivity contribution in [3.05, 3.63) is 28.2 Å². The first kappa shape index (κ1) is 15.0. The maximum absolute atomic E-state index is 12.4. The Labute approximate surface area is 124 Å². The van der Waals surface area contributed by atoms with Gasteiger partial charge in [0.1, 0.15) is 0 Å². The molecule has 0 heterocycles. The zero-order valence-corrected chi connectivity index (χ0v) is 13.9. The van der Waals surface area contributed by atoms with Gasteiger partial charge in [0.05, 0.1) is 4.90 Å². The van der Waals surface area contributed by atoms with Gasteiger partial charge in [-0.05, 0) is 48.8 Å². The van der Waals surface area contributed by atoms with Crippen LogP contribution in [0.15, 0.2) is 27.6 Å². The fourth-order valence-electron chi connectivity index (χ4n) is 2.30. The Balaban J connectivity index is 2.17. The summed E-state index contributed by atoms with van der Waals surface area (Å²) in [6.07, 6.45) is 2.23. The molecule has 0 saturated heterocycles. The molecule has 0 radical (unpaired) electrons. The molecule has 0 amide bonds. The van der Waals surface area contributed by atoms with E-state index in [9.17, 15) is 8.42 Å². The molecule has 3 nitrogen and oxygen atoms in total. The average Bonchev–Trinajstić information content (AvgIpc) is 3.11. The van der Waals surface area contributed by atoms with Crippen molar-refractivity contribution in [1.82, 2.24) is 4.72 Å². The molecule has 0 unspecified atom stereocenters. The molecule has 1 fully saturated rings. The van der Waals surface area contributed by atoms with E-state index in [1.165, 1.54) is 0 Å². The van der Waals surface area contributed by atoms with E-state index < -0.39 is 10.0 Å². The number of halogens is 1. The van der Waals surface area contributed by atoms with Crippen molar-refractivity contribution in [3.63, 3.8) is 0 Å². The third kappa shape index (κ3) is 3.20. The van der Waals surface area contributed by atoms with Crippen LogP contribution >= 0.6 is 15.9 Å². The summed E-state index contributed by atoms with van der Waals surface area (Å²) in [6.45, 7) is 6.67. The minimum atomic E-state index is -3.42. The molecule has 0 atom stereocenters. The third-order valence-corrected chi connectivity index (χ3v) is 6.21. The number of rotatable bonds is 5. The van der Waals surface area contributed by atoms with E-state index in [1.807, 2.05) is 19.1 Å². The zero-order chi connectivity index (χ0) is 14.3. The molecule has 1 aromatic carbocycles. The molecule has 1 aliphatic carbocycles. The van der Waals surface area contributed by atoms with Gasteiger partial charge < -0.3 is 0 Å². The summed E-state index contributed by atoms with van der Waals surface area (Å²) in [7, 11) is -3.42. The van der Waals surface area contributed by atoms with Crippen LogP contribution in [0.5, 0.6) is 0 Å². The SMILES string of the molecule is Cc1ccc(Br)cc1S(=O)(=O)NCC1(C(C)C)CC1. The number of hydrogen-bond donors (Lipinski definition) is 1. The van der Waals surface area contributed by atoms with E-state index in [2.05, 4.69) is 34.5 Å². The van der Waals surface area contributed by atoms with E-state index in [0.717, 1.165) is 22.9 Å². The molecule has 1 aromatic rings.